The molecule has 0 amide bonds. The maximum Gasteiger partial charge on any atom is 0.324 e. The van der Waals surface area contributed by atoms with Crippen LogP contribution in [0.2, 0.25) is 0 Å². The summed E-state index contributed by atoms with van der Waals surface area (Å²) in [6.07, 6.45) is 0.0624. The van der Waals surface area contributed by atoms with Crippen LogP contribution in [-0.2, 0) is 4.74 Å². The van der Waals surface area contributed by atoms with E-state index < -0.39 is 11.0 Å². The van der Waals surface area contributed by atoms with Crippen molar-refractivity contribution >= 4 is 16.3 Å². The summed E-state index contributed by atoms with van der Waals surface area (Å²) in [7, 11) is 0. The standard InChI is InChI=1S/C11H14N4O4S/c1-6(2)18-5-7(12)10-13-11(19-14-10)8-3-4-9(20-8)15(16)17/h3-4,6-7H,5,12H2,1-2H3. The molecule has 20 heavy (non-hydrogen) atoms. The smallest absolute Gasteiger partial charge is 0.324 e. The van der Waals surface area contributed by atoms with Crippen molar-refractivity contribution in [2.24, 2.45) is 5.73 Å². The van der Waals surface area contributed by atoms with Crippen molar-refractivity contribution in [1.82, 2.24) is 10.1 Å². The van der Waals surface area contributed by atoms with Gasteiger partial charge in [-0.15, -0.1) is 0 Å². The molecule has 2 N–H and O–H groups in total. The first-order valence-electron chi connectivity index (χ1n) is 5.92. The Kier molecular flexibility index (Phi) is 4.42. The molecule has 1 atom stereocenters. The molecule has 0 saturated carbocycles. The van der Waals surface area contributed by atoms with E-state index in [0.29, 0.717) is 10.7 Å². The molecular weight excluding hydrogens is 284 g/mol. The normalized spacial score (nSPS) is 12.8. The molecule has 0 bridgehead atoms. The average molecular weight is 298 g/mol. The van der Waals surface area contributed by atoms with Gasteiger partial charge in [0.15, 0.2) is 5.82 Å². The highest BCUT2D eigenvalue weighted by atomic mass is 32.1. The van der Waals surface area contributed by atoms with Gasteiger partial charge in [0.05, 0.1) is 28.6 Å². The molecule has 0 fully saturated rings. The van der Waals surface area contributed by atoms with Crippen molar-refractivity contribution in [2.45, 2.75) is 26.0 Å². The van der Waals surface area contributed by atoms with Gasteiger partial charge in [0, 0.05) is 6.07 Å². The van der Waals surface area contributed by atoms with Gasteiger partial charge in [-0.3, -0.25) is 10.1 Å². The third kappa shape index (κ3) is 3.38. The zero-order valence-corrected chi connectivity index (χ0v) is 11.8. The van der Waals surface area contributed by atoms with Crippen LogP contribution in [0.3, 0.4) is 0 Å². The third-order valence-electron chi connectivity index (χ3n) is 2.37. The van der Waals surface area contributed by atoms with Crippen molar-refractivity contribution in [3.63, 3.8) is 0 Å². The summed E-state index contributed by atoms with van der Waals surface area (Å²) in [4.78, 5) is 14.8. The molecule has 0 aliphatic heterocycles. The fourth-order valence-electron chi connectivity index (χ4n) is 1.40. The van der Waals surface area contributed by atoms with Crippen LogP contribution < -0.4 is 5.73 Å². The summed E-state index contributed by atoms with van der Waals surface area (Å²) < 4.78 is 10.4. The Bertz CT molecular complexity index is 595. The average Bonchev–Trinajstić information content (AvgIpc) is 3.03. The van der Waals surface area contributed by atoms with Gasteiger partial charge < -0.3 is 15.0 Å². The highest BCUT2D eigenvalue weighted by Crippen LogP contribution is 2.31. The molecule has 2 heterocycles. The van der Waals surface area contributed by atoms with Gasteiger partial charge >= 0.3 is 5.00 Å². The first-order valence-corrected chi connectivity index (χ1v) is 6.74. The second kappa shape index (κ2) is 6.07. The number of ether oxygens (including phenoxy) is 1. The minimum atomic E-state index is -0.496. The number of nitro groups is 1. The minimum absolute atomic E-state index is 0.0205. The maximum absolute atomic E-state index is 10.6. The summed E-state index contributed by atoms with van der Waals surface area (Å²) in [5, 5.41) is 14.4. The maximum atomic E-state index is 10.6. The van der Waals surface area contributed by atoms with E-state index in [-0.39, 0.29) is 23.6 Å². The summed E-state index contributed by atoms with van der Waals surface area (Å²) in [6.45, 7) is 4.08. The van der Waals surface area contributed by atoms with E-state index in [1.54, 1.807) is 6.07 Å². The first-order chi connectivity index (χ1) is 9.47. The van der Waals surface area contributed by atoms with Crippen LogP contribution in [0, 0.1) is 10.1 Å². The van der Waals surface area contributed by atoms with E-state index in [9.17, 15) is 10.1 Å². The predicted molar refractivity (Wildman–Crippen MR) is 72.3 cm³/mol. The fraction of sp³-hybridized carbons (Fsp3) is 0.455. The lowest BCUT2D eigenvalue weighted by atomic mass is 10.3. The molecule has 0 radical (unpaired) electrons. The predicted octanol–water partition coefficient (Wildman–Crippen LogP) is 2.13. The Morgan fingerprint density at radius 1 is 1.55 bits per heavy atom. The third-order valence-corrected chi connectivity index (χ3v) is 3.39. The SMILES string of the molecule is CC(C)OCC(N)c1noc(-c2ccc([N+](=O)[O-])s2)n1. The van der Waals surface area contributed by atoms with Crippen LogP contribution in [0.1, 0.15) is 25.7 Å². The van der Waals surface area contributed by atoms with Crippen molar-refractivity contribution < 1.29 is 14.2 Å². The zero-order chi connectivity index (χ0) is 14.7. The van der Waals surface area contributed by atoms with E-state index in [2.05, 4.69) is 10.1 Å². The van der Waals surface area contributed by atoms with E-state index >= 15 is 0 Å². The summed E-state index contributed by atoms with van der Waals surface area (Å²) in [6, 6.07) is 2.46. The molecule has 0 aliphatic carbocycles. The fourth-order valence-corrected chi connectivity index (χ4v) is 2.14. The molecule has 0 spiro atoms. The van der Waals surface area contributed by atoms with Gasteiger partial charge in [0.1, 0.15) is 0 Å². The van der Waals surface area contributed by atoms with Gasteiger partial charge in [-0.1, -0.05) is 16.5 Å². The van der Waals surface area contributed by atoms with Crippen molar-refractivity contribution in [3.8, 4) is 10.8 Å². The van der Waals surface area contributed by atoms with E-state index in [1.807, 2.05) is 13.8 Å². The zero-order valence-electron chi connectivity index (χ0n) is 11.0. The number of aromatic nitrogens is 2. The number of thiophene rings is 1. The van der Waals surface area contributed by atoms with Crippen LogP contribution in [0.5, 0.6) is 0 Å². The number of nitrogens with zero attached hydrogens (tertiary/aromatic N) is 3. The van der Waals surface area contributed by atoms with Crippen molar-refractivity contribution in [1.29, 1.82) is 0 Å². The molecule has 2 aromatic rings. The van der Waals surface area contributed by atoms with Gasteiger partial charge in [-0.05, 0) is 19.9 Å². The molecule has 2 aromatic heterocycles. The topological polar surface area (TPSA) is 117 Å². The van der Waals surface area contributed by atoms with E-state index in [4.69, 9.17) is 15.0 Å². The Morgan fingerprint density at radius 2 is 2.30 bits per heavy atom. The molecule has 8 nitrogen and oxygen atoms in total. The second-order valence-electron chi connectivity index (χ2n) is 4.34. The number of nitrogens with two attached hydrogens (primary N) is 1. The van der Waals surface area contributed by atoms with Crippen LogP contribution >= 0.6 is 11.3 Å². The van der Waals surface area contributed by atoms with Crippen LogP contribution in [0.25, 0.3) is 10.8 Å². The Labute approximate surface area is 118 Å². The minimum Gasteiger partial charge on any atom is -0.377 e. The summed E-state index contributed by atoms with van der Waals surface area (Å²) in [5.41, 5.74) is 5.87. The summed E-state index contributed by atoms with van der Waals surface area (Å²) in [5.74, 6) is 0.537. The van der Waals surface area contributed by atoms with E-state index in [0.717, 1.165) is 11.3 Å². The van der Waals surface area contributed by atoms with Crippen molar-refractivity contribution in [3.05, 3.63) is 28.1 Å². The summed E-state index contributed by atoms with van der Waals surface area (Å²) >= 11 is 0.970. The van der Waals surface area contributed by atoms with Gasteiger partial charge in [-0.25, -0.2) is 0 Å². The van der Waals surface area contributed by atoms with Gasteiger partial charge in [-0.2, -0.15) is 4.98 Å². The molecule has 0 aliphatic rings. The number of hydrogen-bond donors (Lipinski definition) is 1. The largest absolute Gasteiger partial charge is 0.377 e. The Hall–Kier alpha value is -1.84. The van der Waals surface area contributed by atoms with Gasteiger partial charge in [0.2, 0.25) is 0 Å². The number of hydrogen-bond acceptors (Lipinski definition) is 8. The first kappa shape index (κ1) is 14.6. The molecule has 0 aromatic carbocycles. The lowest BCUT2D eigenvalue weighted by Gasteiger charge is -2.10. The van der Waals surface area contributed by atoms with Crippen LogP contribution in [0.4, 0.5) is 5.00 Å². The molecule has 1 unspecified atom stereocenters. The van der Waals surface area contributed by atoms with Crippen molar-refractivity contribution in [2.75, 3.05) is 6.61 Å². The lowest BCUT2D eigenvalue weighted by molar-refractivity contribution is -0.380. The van der Waals surface area contributed by atoms with E-state index in [1.165, 1.54) is 6.07 Å². The molecule has 108 valence electrons. The monoisotopic (exact) mass is 298 g/mol. The van der Waals surface area contributed by atoms with Crippen LogP contribution in [-0.4, -0.2) is 27.8 Å². The van der Waals surface area contributed by atoms with Crippen LogP contribution in [0.15, 0.2) is 16.7 Å². The highest BCUT2D eigenvalue weighted by molar-refractivity contribution is 7.18. The van der Waals surface area contributed by atoms with Gasteiger partial charge in [0.25, 0.3) is 5.89 Å². The second-order valence-corrected chi connectivity index (χ2v) is 5.40. The molecule has 2 rings (SSSR count). The Morgan fingerprint density at radius 3 is 2.90 bits per heavy atom. The Balaban J connectivity index is 2.09. The molecule has 9 heteroatoms. The quantitative estimate of drug-likeness (QED) is 0.641. The molecule has 0 saturated heterocycles. The molecular formula is C11H14N4O4S. The highest BCUT2D eigenvalue weighted by Gasteiger charge is 2.19. The lowest BCUT2D eigenvalue weighted by Crippen LogP contribution is -2.20. The number of rotatable bonds is 6.